The van der Waals surface area contributed by atoms with Crippen molar-refractivity contribution in [2.75, 3.05) is 19.6 Å². The third kappa shape index (κ3) is 2.35. The average molecular weight is 183 g/mol. The highest BCUT2D eigenvalue weighted by molar-refractivity contribution is 4.78. The second-order valence-corrected chi connectivity index (χ2v) is 3.14. The van der Waals surface area contributed by atoms with Gasteiger partial charge in [0.15, 0.2) is 0 Å². The molecule has 0 aromatic carbocycles. The fourth-order valence-corrected chi connectivity index (χ4v) is 1.32. The van der Waals surface area contributed by atoms with Crippen molar-refractivity contribution in [3.8, 4) is 0 Å². The van der Waals surface area contributed by atoms with Crippen LogP contribution in [0.2, 0.25) is 0 Å². The van der Waals surface area contributed by atoms with Crippen molar-refractivity contribution in [2.45, 2.75) is 25.8 Å². The van der Waals surface area contributed by atoms with Crippen molar-refractivity contribution < 1.29 is 17.9 Å². The van der Waals surface area contributed by atoms with E-state index in [2.05, 4.69) is 4.74 Å². The predicted octanol–water partition coefficient (Wildman–Crippen LogP) is 1.62. The average Bonchev–Trinajstić information content (AvgIpc) is 1.80. The summed E-state index contributed by atoms with van der Waals surface area (Å²) < 4.78 is 42.3. The lowest BCUT2D eigenvalue weighted by Gasteiger charge is -2.38. The molecule has 0 aromatic heterocycles. The van der Waals surface area contributed by atoms with E-state index in [1.54, 1.807) is 6.92 Å². The fraction of sp³-hybridized carbons (Fsp3) is 1.00. The Bertz CT molecular complexity index is 156. The normalized spacial score (nSPS) is 36.8. The Hall–Kier alpha value is -0.290. The van der Waals surface area contributed by atoms with Gasteiger partial charge >= 0.3 is 6.11 Å². The van der Waals surface area contributed by atoms with Crippen LogP contribution in [0.1, 0.15) is 13.8 Å². The van der Waals surface area contributed by atoms with Gasteiger partial charge in [0.05, 0.1) is 13.1 Å². The molecule has 1 unspecified atom stereocenters. The SMILES string of the molecule is CCN1CC(C)(F)OC(F)(F)C1. The lowest BCUT2D eigenvalue weighted by Crippen LogP contribution is -2.55. The van der Waals surface area contributed by atoms with Crippen LogP contribution in [0.3, 0.4) is 0 Å². The Kier molecular flexibility index (Phi) is 2.35. The maximum Gasteiger partial charge on any atom is 0.371 e. The van der Waals surface area contributed by atoms with Crippen molar-refractivity contribution >= 4 is 0 Å². The first-order valence-corrected chi connectivity index (χ1v) is 3.84. The molecule has 0 aromatic rings. The first-order chi connectivity index (χ1) is 5.35. The monoisotopic (exact) mass is 183 g/mol. The first kappa shape index (κ1) is 9.80. The minimum absolute atomic E-state index is 0.0981. The van der Waals surface area contributed by atoms with Crippen LogP contribution in [-0.4, -0.2) is 36.5 Å². The molecule has 1 atom stereocenters. The zero-order valence-corrected chi connectivity index (χ0v) is 7.11. The Morgan fingerprint density at radius 1 is 1.33 bits per heavy atom. The van der Waals surface area contributed by atoms with Gasteiger partial charge in [-0.25, -0.2) is 4.39 Å². The van der Waals surface area contributed by atoms with Gasteiger partial charge in [0.25, 0.3) is 0 Å². The summed E-state index contributed by atoms with van der Waals surface area (Å²) in [7, 11) is 0. The zero-order valence-electron chi connectivity index (χ0n) is 7.11. The van der Waals surface area contributed by atoms with Crippen LogP contribution < -0.4 is 0 Å². The van der Waals surface area contributed by atoms with Crippen LogP contribution in [-0.2, 0) is 4.74 Å². The van der Waals surface area contributed by atoms with E-state index in [9.17, 15) is 13.2 Å². The van der Waals surface area contributed by atoms with Crippen LogP contribution in [0.4, 0.5) is 13.2 Å². The number of rotatable bonds is 1. The molecule has 1 aliphatic rings. The van der Waals surface area contributed by atoms with Gasteiger partial charge in [-0.05, 0) is 13.5 Å². The van der Waals surface area contributed by atoms with Crippen LogP contribution in [0.25, 0.3) is 0 Å². The van der Waals surface area contributed by atoms with Gasteiger partial charge in [0.2, 0.25) is 5.85 Å². The van der Waals surface area contributed by atoms with Crippen molar-refractivity contribution in [3.63, 3.8) is 0 Å². The number of alkyl halides is 3. The highest BCUT2D eigenvalue weighted by Crippen LogP contribution is 2.31. The van der Waals surface area contributed by atoms with Gasteiger partial charge in [-0.15, -0.1) is 0 Å². The number of hydrogen-bond donors (Lipinski definition) is 0. The van der Waals surface area contributed by atoms with E-state index < -0.39 is 18.5 Å². The summed E-state index contributed by atoms with van der Waals surface area (Å²) >= 11 is 0. The molecule has 1 saturated heterocycles. The number of morpholine rings is 1. The molecule has 1 fully saturated rings. The summed E-state index contributed by atoms with van der Waals surface area (Å²) in [6, 6.07) is 0. The molecule has 0 amide bonds. The van der Waals surface area contributed by atoms with E-state index in [0.717, 1.165) is 6.92 Å². The molecule has 2 nitrogen and oxygen atoms in total. The van der Waals surface area contributed by atoms with Crippen molar-refractivity contribution in [3.05, 3.63) is 0 Å². The molecule has 1 aliphatic heterocycles. The van der Waals surface area contributed by atoms with Gasteiger partial charge in [0, 0.05) is 0 Å². The molecule has 72 valence electrons. The molecular weight excluding hydrogens is 171 g/mol. The fourth-order valence-electron chi connectivity index (χ4n) is 1.32. The molecule has 0 aliphatic carbocycles. The third-order valence-electron chi connectivity index (χ3n) is 1.72. The van der Waals surface area contributed by atoms with Crippen LogP contribution >= 0.6 is 0 Å². The number of halogens is 3. The van der Waals surface area contributed by atoms with Crippen molar-refractivity contribution in [1.82, 2.24) is 4.90 Å². The molecule has 5 heteroatoms. The summed E-state index contributed by atoms with van der Waals surface area (Å²) in [6.45, 7) is 2.50. The lowest BCUT2D eigenvalue weighted by atomic mass is 10.2. The number of nitrogens with zero attached hydrogens (tertiary/aromatic N) is 1. The first-order valence-electron chi connectivity index (χ1n) is 3.84. The van der Waals surface area contributed by atoms with Crippen LogP contribution in [0, 0.1) is 0 Å². The molecule has 1 rings (SSSR count). The summed E-state index contributed by atoms with van der Waals surface area (Å²) in [5.41, 5.74) is 0. The summed E-state index contributed by atoms with van der Waals surface area (Å²) in [5.74, 6) is -2.24. The molecule has 0 radical (unpaired) electrons. The summed E-state index contributed by atoms with van der Waals surface area (Å²) in [4.78, 5) is 1.32. The van der Waals surface area contributed by atoms with Gasteiger partial charge in [-0.2, -0.15) is 8.78 Å². The maximum atomic E-state index is 13.1. The van der Waals surface area contributed by atoms with Gasteiger partial charge in [-0.3, -0.25) is 9.64 Å². The van der Waals surface area contributed by atoms with Gasteiger partial charge in [-0.1, -0.05) is 6.92 Å². The van der Waals surface area contributed by atoms with Crippen molar-refractivity contribution in [2.24, 2.45) is 0 Å². The third-order valence-corrected chi connectivity index (χ3v) is 1.72. The minimum Gasteiger partial charge on any atom is -0.290 e. The number of likely N-dealkylation sites (N-methyl/N-ethyl adjacent to an activating group) is 1. The maximum absolute atomic E-state index is 13.1. The van der Waals surface area contributed by atoms with E-state index in [0.29, 0.717) is 6.54 Å². The largest absolute Gasteiger partial charge is 0.371 e. The van der Waals surface area contributed by atoms with Crippen LogP contribution in [0.5, 0.6) is 0 Å². The standard InChI is InChI=1S/C7H12F3NO/c1-3-11-4-6(2,8)12-7(9,10)5-11/h3-5H2,1-2H3. The van der Waals surface area contributed by atoms with Crippen LogP contribution in [0.15, 0.2) is 0 Å². The van der Waals surface area contributed by atoms with E-state index in [1.807, 2.05) is 0 Å². The van der Waals surface area contributed by atoms with Gasteiger partial charge < -0.3 is 0 Å². The number of ether oxygens (including phenoxy) is 1. The topological polar surface area (TPSA) is 12.5 Å². The van der Waals surface area contributed by atoms with Crippen molar-refractivity contribution in [1.29, 1.82) is 0 Å². The molecule has 0 N–H and O–H groups in total. The molecule has 12 heavy (non-hydrogen) atoms. The Morgan fingerprint density at radius 3 is 2.33 bits per heavy atom. The highest BCUT2D eigenvalue weighted by atomic mass is 19.3. The Balaban J connectivity index is 2.66. The highest BCUT2D eigenvalue weighted by Gasteiger charge is 2.47. The van der Waals surface area contributed by atoms with E-state index in [4.69, 9.17) is 0 Å². The van der Waals surface area contributed by atoms with E-state index in [1.165, 1.54) is 4.90 Å². The number of hydrogen-bond acceptors (Lipinski definition) is 2. The Labute approximate surface area is 69.3 Å². The quantitative estimate of drug-likeness (QED) is 0.612. The summed E-state index contributed by atoms with van der Waals surface area (Å²) in [5, 5.41) is 0. The molecule has 0 bridgehead atoms. The van der Waals surface area contributed by atoms with E-state index >= 15 is 0 Å². The molecular formula is C7H12F3NO. The smallest absolute Gasteiger partial charge is 0.290 e. The van der Waals surface area contributed by atoms with Gasteiger partial charge in [0.1, 0.15) is 0 Å². The lowest BCUT2D eigenvalue weighted by molar-refractivity contribution is -0.358. The zero-order chi connectivity index (χ0) is 9.41. The van der Waals surface area contributed by atoms with E-state index in [-0.39, 0.29) is 6.54 Å². The molecule has 0 spiro atoms. The second kappa shape index (κ2) is 2.88. The predicted molar refractivity (Wildman–Crippen MR) is 37.7 cm³/mol. The molecule has 1 heterocycles. The minimum atomic E-state index is -3.36. The Morgan fingerprint density at radius 2 is 1.92 bits per heavy atom. The molecule has 0 saturated carbocycles. The second-order valence-electron chi connectivity index (χ2n) is 3.14. The summed E-state index contributed by atoms with van der Waals surface area (Å²) in [6.07, 6.45) is -3.36.